The first kappa shape index (κ1) is 13.5. The number of nitriles is 1. The van der Waals surface area contributed by atoms with Crippen LogP contribution in [0.15, 0.2) is 6.20 Å². The lowest BCUT2D eigenvalue weighted by Crippen LogP contribution is -2.35. The van der Waals surface area contributed by atoms with Gasteiger partial charge in [0.2, 0.25) is 0 Å². The van der Waals surface area contributed by atoms with Crippen molar-refractivity contribution in [1.29, 1.82) is 5.26 Å². The molecule has 1 rings (SSSR count). The monoisotopic (exact) mass is 251 g/mol. The Balaban J connectivity index is 2.74. The second kappa shape index (κ2) is 5.67. The molecule has 0 aliphatic heterocycles. The standard InChI is InChI=1S/C10H13N5O3/c1-3-18-10(17)14(2)6-8(16)15-9(12)7(4-11)5-13-15/h5H,3,6,12H2,1-2H3. The van der Waals surface area contributed by atoms with E-state index in [0.717, 1.165) is 9.58 Å². The zero-order valence-electron chi connectivity index (χ0n) is 10.1. The number of amides is 1. The number of ether oxygens (including phenoxy) is 1. The topological polar surface area (TPSA) is 114 Å². The summed E-state index contributed by atoms with van der Waals surface area (Å²) < 4.78 is 5.60. The number of carbonyl (C=O) groups excluding carboxylic acids is 2. The van der Waals surface area contributed by atoms with Gasteiger partial charge in [-0.3, -0.25) is 4.79 Å². The molecule has 0 aliphatic rings. The van der Waals surface area contributed by atoms with Crippen molar-refractivity contribution < 1.29 is 14.3 Å². The van der Waals surface area contributed by atoms with Crippen LogP contribution in [-0.4, -0.2) is 46.9 Å². The van der Waals surface area contributed by atoms with Crippen molar-refractivity contribution in [3.05, 3.63) is 11.8 Å². The number of carbonyl (C=O) groups is 2. The van der Waals surface area contributed by atoms with Crippen LogP contribution in [0.3, 0.4) is 0 Å². The number of hydrogen-bond acceptors (Lipinski definition) is 6. The molecule has 0 unspecified atom stereocenters. The van der Waals surface area contributed by atoms with Crippen LogP contribution in [0.5, 0.6) is 0 Å². The molecule has 0 fully saturated rings. The van der Waals surface area contributed by atoms with Gasteiger partial charge in [-0.1, -0.05) is 0 Å². The van der Waals surface area contributed by atoms with Crippen molar-refractivity contribution in [3.63, 3.8) is 0 Å². The zero-order valence-corrected chi connectivity index (χ0v) is 10.1. The Bertz CT molecular complexity index is 502. The van der Waals surface area contributed by atoms with Crippen molar-refractivity contribution >= 4 is 17.8 Å². The number of nitrogens with two attached hydrogens (primary N) is 1. The molecule has 8 heteroatoms. The van der Waals surface area contributed by atoms with Gasteiger partial charge in [0.25, 0.3) is 5.91 Å². The van der Waals surface area contributed by atoms with E-state index in [1.165, 1.54) is 13.2 Å². The van der Waals surface area contributed by atoms with Gasteiger partial charge in [-0.25, -0.2) is 4.79 Å². The number of anilines is 1. The summed E-state index contributed by atoms with van der Waals surface area (Å²) in [5, 5.41) is 12.4. The minimum absolute atomic E-state index is 0.0419. The van der Waals surface area contributed by atoms with Gasteiger partial charge in [-0.2, -0.15) is 15.0 Å². The lowest BCUT2D eigenvalue weighted by atomic mass is 10.4. The molecule has 1 aromatic rings. The Morgan fingerprint density at radius 1 is 1.67 bits per heavy atom. The molecule has 0 atom stereocenters. The molecular weight excluding hydrogens is 238 g/mol. The highest BCUT2D eigenvalue weighted by Gasteiger charge is 2.18. The molecule has 96 valence electrons. The van der Waals surface area contributed by atoms with Crippen LogP contribution in [0.4, 0.5) is 10.6 Å². The normalized spacial score (nSPS) is 9.61. The average Bonchev–Trinajstić information content (AvgIpc) is 2.70. The summed E-state index contributed by atoms with van der Waals surface area (Å²) in [5.41, 5.74) is 5.66. The van der Waals surface area contributed by atoms with E-state index in [1.807, 2.05) is 0 Å². The fraction of sp³-hybridized carbons (Fsp3) is 0.400. The fourth-order valence-electron chi connectivity index (χ4n) is 1.21. The van der Waals surface area contributed by atoms with E-state index >= 15 is 0 Å². The minimum Gasteiger partial charge on any atom is -0.450 e. The van der Waals surface area contributed by atoms with Gasteiger partial charge < -0.3 is 15.4 Å². The number of aromatic nitrogens is 2. The quantitative estimate of drug-likeness (QED) is 0.812. The molecule has 18 heavy (non-hydrogen) atoms. The molecule has 0 saturated heterocycles. The second-order valence-electron chi connectivity index (χ2n) is 3.42. The Hall–Kier alpha value is -2.56. The maximum Gasteiger partial charge on any atom is 0.409 e. The maximum absolute atomic E-state index is 11.8. The Morgan fingerprint density at radius 3 is 2.83 bits per heavy atom. The van der Waals surface area contributed by atoms with Gasteiger partial charge in [-0.15, -0.1) is 0 Å². The number of nitrogen functional groups attached to an aromatic ring is 1. The summed E-state index contributed by atoms with van der Waals surface area (Å²) in [6.07, 6.45) is 0.578. The lowest BCUT2D eigenvalue weighted by Gasteiger charge is -2.15. The highest BCUT2D eigenvalue weighted by atomic mass is 16.6. The molecule has 1 amide bonds. The summed E-state index contributed by atoms with van der Waals surface area (Å²) >= 11 is 0. The van der Waals surface area contributed by atoms with Gasteiger partial charge in [-0.05, 0) is 6.92 Å². The fourth-order valence-corrected chi connectivity index (χ4v) is 1.21. The molecule has 0 aliphatic carbocycles. The second-order valence-corrected chi connectivity index (χ2v) is 3.42. The third kappa shape index (κ3) is 2.76. The number of hydrogen-bond donors (Lipinski definition) is 1. The highest BCUT2D eigenvalue weighted by Crippen LogP contribution is 2.09. The summed E-state index contributed by atoms with van der Waals surface area (Å²) in [7, 11) is 1.42. The first-order valence-corrected chi connectivity index (χ1v) is 5.16. The van der Waals surface area contributed by atoms with Crippen LogP contribution < -0.4 is 5.73 Å². The predicted octanol–water partition coefficient (Wildman–Crippen LogP) is 0.0655. The van der Waals surface area contributed by atoms with Gasteiger partial charge in [0.15, 0.2) is 0 Å². The number of rotatable bonds is 3. The summed E-state index contributed by atoms with van der Waals surface area (Å²) in [6.45, 7) is 1.65. The first-order chi connectivity index (χ1) is 8.51. The van der Waals surface area contributed by atoms with E-state index in [4.69, 9.17) is 15.7 Å². The van der Waals surface area contributed by atoms with Crippen molar-refractivity contribution in [3.8, 4) is 6.07 Å². The third-order valence-electron chi connectivity index (χ3n) is 2.12. The van der Waals surface area contributed by atoms with E-state index in [2.05, 4.69) is 5.10 Å². The van der Waals surface area contributed by atoms with E-state index in [0.29, 0.717) is 0 Å². The SMILES string of the molecule is CCOC(=O)N(C)CC(=O)n1ncc(C#N)c1N. The molecule has 0 bridgehead atoms. The van der Waals surface area contributed by atoms with Crippen LogP contribution in [0.25, 0.3) is 0 Å². The van der Waals surface area contributed by atoms with Gasteiger partial charge in [0.1, 0.15) is 24.0 Å². The molecule has 0 spiro atoms. The van der Waals surface area contributed by atoms with Crippen molar-refractivity contribution in [2.75, 3.05) is 25.9 Å². The van der Waals surface area contributed by atoms with Gasteiger partial charge >= 0.3 is 6.09 Å². The molecule has 1 heterocycles. The molecule has 1 aromatic heterocycles. The Morgan fingerprint density at radius 2 is 2.33 bits per heavy atom. The lowest BCUT2D eigenvalue weighted by molar-refractivity contribution is 0.0798. The van der Waals surface area contributed by atoms with Crippen molar-refractivity contribution in [2.24, 2.45) is 0 Å². The summed E-state index contributed by atoms with van der Waals surface area (Å²) in [6, 6.07) is 1.80. The van der Waals surface area contributed by atoms with Gasteiger partial charge in [0.05, 0.1) is 12.8 Å². The summed E-state index contributed by atoms with van der Waals surface area (Å²) in [5.74, 6) is -0.565. The molecule has 0 saturated carbocycles. The van der Waals surface area contributed by atoms with E-state index in [-0.39, 0.29) is 24.5 Å². The van der Waals surface area contributed by atoms with E-state index in [1.54, 1.807) is 13.0 Å². The number of nitrogens with zero attached hydrogens (tertiary/aromatic N) is 4. The molecule has 8 nitrogen and oxygen atoms in total. The van der Waals surface area contributed by atoms with E-state index in [9.17, 15) is 9.59 Å². The Labute approximate surface area is 104 Å². The molecule has 0 aromatic carbocycles. The van der Waals surface area contributed by atoms with Gasteiger partial charge in [0, 0.05) is 7.05 Å². The van der Waals surface area contributed by atoms with Crippen molar-refractivity contribution in [1.82, 2.24) is 14.7 Å². The Kier molecular flexibility index (Phi) is 4.26. The first-order valence-electron chi connectivity index (χ1n) is 5.16. The van der Waals surface area contributed by atoms with Crippen LogP contribution in [0.2, 0.25) is 0 Å². The maximum atomic E-state index is 11.8. The van der Waals surface area contributed by atoms with Crippen molar-refractivity contribution in [2.45, 2.75) is 6.92 Å². The minimum atomic E-state index is -0.614. The number of likely N-dealkylation sites (N-methyl/N-ethyl adjacent to an activating group) is 1. The molecular formula is C10H13N5O3. The van der Waals surface area contributed by atoms with E-state index < -0.39 is 12.0 Å². The highest BCUT2D eigenvalue weighted by molar-refractivity contribution is 5.86. The molecule has 0 radical (unpaired) electrons. The predicted molar refractivity (Wildman–Crippen MR) is 61.6 cm³/mol. The van der Waals surface area contributed by atoms with Crippen LogP contribution >= 0.6 is 0 Å². The zero-order chi connectivity index (χ0) is 13.7. The molecule has 2 N–H and O–H groups in total. The third-order valence-corrected chi connectivity index (χ3v) is 2.12. The summed E-state index contributed by atoms with van der Waals surface area (Å²) in [4.78, 5) is 24.2. The largest absolute Gasteiger partial charge is 0.450 e. The van der Waals surface area contributed by atoms with Crippen LogP contribution in [0.1, 0.15) is 17.3 Å². The average molecular weight is 251 g/mol. The smallest absolute Gasteiger partial charge is 0.409 e. The van der Waals surface area contributed by atoms with Crippen LogP contribution in [0, 0.1) is 11.3 Å². The van der Waals surface area contributed by atoms with Crippen LogP contribution in [-0.2, 0) is 4.74 Å².